The summed E-state index contributed by atoms with van der Waals surface area (Å²) < 4.78 is 0. The van der Waals surface area contributed by atoms with Crippen molar-refractivity contribution in [2.75, 3.05) is 19.6 Å². The fourth-order valence-corrected chi connectivity index (χ4v) is 2.65. The minimum absolute atomic E-state index is 0.962. The maximum absolute atomic E-state index is 4.06. The van der Waals surface area contributed by atoms with Crippen molar-refractivity contribution in [3.63, 3.8) is 0 Å². The Kier molecular flexibility index (Phi) is 7.18. The van der Waals surface area contributed by atoms with Gasteiger partial charge < -0.3 is 0 Å². The van der Waals surface area contributed by atoms with Gasteiger partial charge in [-0.25, -0.2) is 0 Å². The van der Waals surface area contributed by atoms with E-state index in [-0.39, 0.29) is 0 Å². The van der Waals surface area contributed by atoms with Crippen molar-refractivity contribution in [1.82, 2.24) is 4.90 Å². The zero-order chi connectivity index (χ0) is 12.5. The fraction of sp³-hybridized carbons (Fsp3) is 0.800. The second-order valence-electron chi connectivity index (χ2n) is 5.10. The van der Waals surface area contributed by atoms with Crippen LogP contribution >= 0.6 is 0 Å². The summed E-state index contributed by atoms with van der Waals surface area (Å²) in [6, 6.07) is 0. The molecule has 0 aromatic rings. The predicted octanol–water partition coefficient (Wildman–Crippen LogP) is 3.88. The van der Waals surface area contributed by atoms with Crippen LogP contribution in [0.5, 0.6) is 0 Å². The summed E-state index contributed by atoms with van der Waals surface area (Å²) in [5.74, 6) is 0.976. The van der Waals surface area contributed by atoms with Crippen molar-refractivity contribution in [2.45, 2.75) is 52.4 Å². The molecule has 2 heteroatoms. The molecule has 0 radical (unpaired) electrons. The molecule has 0 aliphatic heterocycles. The number of aliphatic imine (C=N–C) groups is 1. The van der Waals surface area contributed by atoms with E-state index in [1.54, 1.807) is 0 Å². The van der Waals surface area contributed by atoms with Crippen LogP contribution in [0.2, 0.25) is 0 Å². The Hall–Kier alpha value is -0.630. The van der Waals surface area contributed by atoms with Gasteiger partial charge in [0.1, 0.15) is 0 Å². The normalized spacial score (nSPS) is 18.6. The SMILES string of the molecule is C=N/C(=C/C)CN(CC)CCC1CCCCC1. The highest BCUT2D eigenvalue weighted by Crippen LogP contribution is 2.26. The topological polar surface area (TPSA) is 15.6 Å². The van der Waals surface area contributed by atoms with Gasteiger partial charge in [-0.05, 0) is 39.1 Å². The number of allylic oxidation sites excluding steroid dienone is 1. The summed E-state index contributed by atoms with van der Waals surface area (Å²) in [6.45, 7) is 11.2. The van der Waals surface area contributed by atoms with E-state index < -0.39 is 0 Å². The van der Waals surface area contributed by atoms with Gasteiger partial charge in [-0.1, -0.05) is 45.1 Å². The summed E-state index contributed by atoms with van der Waals surface area (Å²) in [5, 5.41) is 0. The first-order valence-electron chi connectivity index (χ1n) is 7.14. The minimum atomic E-state index is 0.962. The fourth-order valence-electron chi connectivity index (χ4n) is 2.65. The average molecular weight is 236 g/mol. The number of hydrogen-bond donors (Lipinski definition) is 0. The third kappa shape index (κ3) is 5.49. The molecule has 0 heterocycles. The van der Waals surface area contributed by atoms with Gasteiger partial charge in [-0.15, -0.1) is 0 Å². The van der Waals surface area contributed by atoms with E-state index in [1.165, 1.54) is 45.1 Å². The van der Waals surface area contributed by atoms with Crippen molar-refractivity contribution in [2.24, 2.45) is 10.9 Å². The van der Waals surface area contributed by atoms with E-state index >= 15 is 0 Å². The smallest absolute Gasteiger partial charge is 0.0494 e. The molecule has 0 amide bonds. The van der Waals surface area contributed by atoms with Crippen LogP contribution in [0.1, 0.15) is 52.4 Å². The molecule has 0 atom stereocenters. The molecule has 1 aliphatic rings. The number of likely N-dealkylation sites (N-methyl/N-ethyl adjacent to an activating group) is 1. The molecule has 2 nitrogen and oxygen atoms in total. The maximum Gasteiger partial charge on any atom is 0.0494 e. The summed E-state index contributed by atoms with van der Waals surface area (Å²) >= 11 is 0. The lowest BCUT2D eigenvalue weighted by Crippen LogP contribution is -2.28. The van der Waals surface area contributed by atoms with Crippen LogP contribution in [0.25, 0.3) is 0 Å². The van der Waals surface area contributed by atoms with Gasteiger partial charge in [0.2, 0.25) is 0 Å². The Morgan fingerprint density at radius 1 is 1.35 bits per heavy atom. The Bertz CT molecular complexity index is 239. The highest BCUT2D eigenvalue weighted by atomic mass is 15.1. The highest BCUT2D eigenvalue weighted by molar-refractivity contribution is 5.29. The quantitative estimate of drug-likeness (QED) is 0.612. The molecule has 1 aliphatic carbocycles. The van der Waals surface area contributed by atoms with E-state index in [9.17, 15) is 0 Å². The molecule has 0 aromatic carbocycles. The predicted molar refractivity (Wildman–Crippen MR) is 76.6 cm³/mol. The Labute approximate surface area is 107 Å². The molecule has 1 rings (SSSR count). The molecule has 0 aromatic heterocycles. The molecule has 0 spiro atoms. The first kappa shape index (κ1) is 14.4. The third-order valence-electron chi connectivity index (χ3n) is 3.95. The Morgan fingerprint density at radius 2 is 2.06 bits per heavy atom. The van der Waals surface area contributed by atoms with Gasteiger partial charge >= 0.3 is 0 Å². The van der Waals surface area contributed by atoms with Crippen molar-refractivity contribution in [3.8, 4) is 0 Å². The molecule has 0 N–H and O–H groups in total. The van der Waals surface area contributed by atoms with Gasteiger partial charge in [-0.2, -0.15) is 0 Å². The number of nitrogens with zero attached hydrogens (tertiary/aromatic N) is 2. The molecule has 98 valence electrons. The average Bonchev–Trinajstić information content (AvgIpc) is 2.40. The molecule has 0 saturated heterocycles. The first-order valence-corrected chi connectivity index (χ1v) is 7.14. The van der Waals surface area contributed by atoms with Crippen molar-refractivity contribution in [3.05, 3.63) is 11.8 Å². The van der Waals surface area contributed by atoms with Crippen molar-refractivity contribution < 1.29 is 0 Å². The summed E-state index contributed by atoms with van der Waals surface area (Å²) in [5.41, 5.74) is 1.11. The molecule has 1 saturated carbocycles. The Morgan fingerprint density at radius 3 is 2.59 bits per heavy atom. The van der Waals surface area contributed by atoms with Gasteiger partial charge in [0.15, 0.2) is 0 Å². The highest BCUT2D eigenvalue weighted by Gasteiger charge is 2.14. The second kappa shape index (κ2) is 8.46. The van der Waals surface area contributed by atoms with Crippen molar-refractivity contribution >= 4 is 6.72 Å². The van der Waals surface area contributed by atoms with E-state index in [0.717, 1.165) is 24.7 Å². The standard InChI is InChI=1S/C15H28N2/c1-4-15(16-3)13-17(5-2)12-11-14-9-7-6-8-10-14/h4,14H,3,5-13H2,1-2H3/b15-4+. The lowest BCUT2D eigenvalue weighted by molar-refractivity contribution is 0.252. The summed E-state index contributed by atoms with van der Waals surface area (Å²) in [6.07, 6.45) is 10.7. The largest absolute Gasteiger partial charge is 0.298 e. The van der Waals surface area contributed by atoms with Gasteiger partial charge in [0, 0.05) is 12.2 Å². The van der Waals surface area contributed by atoms with Crippen LogP contribution in [-0.4, -0.2) is 31.3 Å². The van der Waals surface area contributed by atoms with Crippen LogP contribution in [-0.2, 0) is 0 Å². The van der Waals surface area contributed by atoms with Crippen LogP contribution < -0.4 is 0 Å². The zero-order valence-electron chi connectivity index (χ0n) is 11.6. The summed E-state index contributed by atoms with van der Waals surface area (Å²) in [7, 11) is 0. The molecule has 1 fully saturated rings. The molecule has 17 heavy (non-hydrogen) atoms. The van der Waals surface area contributed by atoms with Crippen molar-refractivity contribution in [1.29, 1.82) is 0 Å². The molecular weight excluding hydrogens is 208 g/mol. The van der Waals surface area contributed by atoms with Gasteiger partial charge in [0.05, 0.1) is 0 Å². The summed E-state index contributed by atoms with van der Waals surface area (Å²) in [4.78, 5) is 6.54. The van der Waals surface area contributed by atoms with E-state index in [4.69, 9.17) is 0 Å². The minimum Gasteiger partial charge on any atom is -0.298 e. The lowest BCUT2D eigenvalue weighted by atomic mass is 9.87. The van der Waals surface area contributed by atoms with Gasteiger partial charge in [-0.3, -0.25) is 9.89 Å². The first-order chi connectivity index (χ1) is 8.30. The van der Waals surface area contributed by atoms with Crippen LogP contribution in [0, 0.1) is 5.92 Å². The second-order valence-corrected chi connectivity index (χ2v) is 5.10. The molecule has 0 bridgehead atoms. The molecular formula is C15H28N2. The number of hydrogen-bond acceptors (Lipinski definition) is 2. The lowest BCUT2D eigenvalue weighted by Gasteiger charge is -2.26. The zero-order valence-corrected chi connectivity index (χ0v) is 11.6. The van der Waals surface area contributed by atoms with E-state index in [0.29, 0.717) is 0 Å². The van der Waals surface area contributed by atoms with E-state index in [2.05, 4.69) is 29.6 Å². The maximum atomic E-state index is 4.06. The third-order valence-corrected chi connectivity index (χ3v) is 3.95. The van der Waals surface area contributed by atoms with Crippen LogP contribution in [0.3, 0.4) is 0 Å². The van der Waals surface area contributed by atoms with Gasteiger partial charge in [0.25, 0.3) is 0 Å². The van der Waals surface area contributed by atoms with Crippen LogP contribution in [0.4, 0.5) is 0 Å². The van der Waals surface area contributed by atoms with Crippen LogP contribution in [0.15, 0.2) is 16.8 Å². The number of rotatable bonds is 7. The Balaban J connectivity index is 2.28. The monoisotopic (exact) mass is 236 g/mol. The molecule has 0 unspecified atom stereocenters. The van der Waals surface area contributed by atoms with E-state index in [1.807, 2.05) is 6.92 Å².